The molecule has 6 nitrogen and oxygen atoms in total. The van der Waals surface area contributed by atoms with Gasteiger partial charge in [-0.1, -0.05) is 38.8 Å². The number of thiazole rings is 1. The maximum absolute atomic E-state index is 12.3. The van der Waals surface area contributed by atoms with Crippen LogP contribution in [0.1, 0.15) is 65.9 Å². The third-order valence-corrected chi connectivity index (χ3v) is 7.18. The predicted molar refractivity (Wildman–Crippen MR) is 159 cm³/mol. The highest BCUT2D eigenvalue weighted by molar-refractivity contribution is 7.08. The van der Waals surface area contributed by atoms with Crippen molar-refractivity contribution in [3.05, 3.63) is 63.3 Å². The normalized spacial score (nSPS) is 11.5. The lowest BCUT2D eigenvalue weighted by molar-refractivity contribution is -0.142. The molecule has 202 valence electrons. The van der Waals surface area contributed by atoms with Crippen molar-refractivity contribution in [1.82, 2.24) is 4.98 Å². The fourth-order valence-corrected chi connectivity index (χ4v) is 4.80. The van der Waals surface area contributed by atoms with Crippen molar-refractivity contribution in [3.63, 3.8) is 0 Å². The van der Waals surface area contributed by atoms with E-state index in [-0.39, 0.29) is 11.5 Å². The molecule has 0 atom stereocenters. The van der Waals surface area contributed by atoms with E-state index in [1.54, 1.807) is 12.1 Å². The summed E-state index contributed by atoms with van der Waals surface area (Å²) in [6.45, 7) is 11.9. The van der Waals surface area contributed by atoms with Gasteiger partial charge in [0.05, 0.1) is 15.6 Å². The summed E-state index contributed by atoms with van der Waals surface area (Å²) >= 11 is 1.31. The highest BCUT2D eigenvalue weighted by Crippen LogP contribution is 2.23. The minimum atomic E-state index is -0.607. The van der Waals surface area contributed by atoms with Gasteiger partial charge in [-0.3, -0.25) is 4.79 Å². The zero-order valence-corrected chi connectivity index (χ0v) is 24.3. The van der Waals surface area contributed by atoms with Crippen molar-refractivity contribution < 1.29 is 9.53 Å². The van der Waals surface area contributed by atoms with Crippen LogP contribution in [0.5, 0.6) is 5.75 Å². The number of carbonyl (C=O) groups excluding carboxylic acids is 1. The van der Waals surface area contributed by atoms with Crippen LogP contribution in [0.3, 0.4) is 0 Å². The third kappa shape index (κ3) is 8.02. The molecule has 0 N–H and O–H groups in total. The summed E-state index contributed by atoms with van der Waals surface area (Å²) in [6.07, 6.45) is 6.68. The molecule has 0 radical (unpaired) electrons. The van der Waals surface area contributed by atoms with Crippen LogP contribution in [0.25, 0.3) is 22.9 Å². The van der Waals surface area contributed by atoms with Crippen molar-refractivity contribution in [2.45, 2.75) is 60.3 Å². The fourth-order valence-electron chi connectivity index (χ4n) is 3.81. The Labute approximate surface area is 235 Å². The van der Waals surface area contributed by atoms with Crippen LogP contribution in [-0.4, -0.2) is 24.0 Å². The van der Waals surface area contributed by atoms with Gasteiger partial charge in [0.2, 0.25) is 0 Å². The van der Waals surface area contributed by atoms with Crippen LogP contribution in [0.15, 0.2) is 48.5 Å². The number of esters is 1. The lowest BCUT2D eigenvalue weighted by Crippen LogP contribution is -2.25. The van der Waals surface area contributed by atoms with Gasteiger partial charge >= 0.3 is 5.97 Å². The molecular weight excluding hydrogens is 504 g/mol. The predicted octanol–water partition coefficient (Wildman–Crippen LogP) is 6.19. The van der Waals surface area contributed by atoms with Crippen molar-refractivity contribution >= 4 is 34.6 Å². The first-order valence-electron chi connectivity index (χ1n) is 13.4. The summed E-state index contributed by atoms with van der Waals surface area (Å²) in [6, 6.07) is 19.5. The van der Waals surface area contributed by atoms with Crippen LogP contribution in [-0.2, 0) is 4.79 Å². The molecular formula is C32H36N4O2S. The number of rotatable bonds is 10. The Balaban J connectivity index is 2.00. The second kappa shape index (κ2) is 13.7. The van der Waals surface area contributed by atoms with Crippen LogP contribution >= 0.6 is 11.3 Å². The van der Waals surface area contributed by atoms with E-state index in [1.165, 1.54) is 17.0 Å². The second-order valence-electron chi connectivity index (χ2n) is 10.4. The van der Waals surface area contributed by atoms with Gasteiger partial charge in [-0.25, -0.2) is 4.98 Å². The lowest BCUT2D eigenvalue weighted by Gasteiger charge is -2.24. The Morgan fingerprint density at radius 2 is 1.56 bits per heavy atom. The van der Waals surface area contributed by atoms with Crippen molar-refractivity contribution in [3.8, 4) is 29.1 Å². The van der Waals surface area contributed by atoms with Crippen LogP contribution < -0.4 is 18.8 Å². The van der Waals surface area contributed by atoms with Crippen molar-refractivity contribution in [2.75, 3.05) is 18.0 Å². The lowest BCUT2D eigenvalue weighted by atomic mass is 9.97. The molecule has 3 rings (SSSR count). The zero-order valence-electron chi connectivity index (χ0n) is 23.5. The number of anilines is 1. The number of hydrogen-bond donors (Lipinski definition) is 0. The van der Waals surface area contributed by atoms with Crippen molar-refractivity contribution in [1.29, 1.82) is 10.5 Å². The van der Waals surface area contributed by atoms with Crippen LogP contribution in [0.2, 0.25) is 0 Å². The monoisotopic (exact) mass is 540 g/mol. The standard InChI is InChI=1S/C32H36N4O2S/c1-6-8-18-36(19-9-7-2)26-14-10-23(11-15-26)20-28-29(35-30(39-28)25(21-33)22-34)24-12-16-27(17-13-24)38-31(37)32(3,4)5/h10-17,20H,6-9,18-19H2,1-5H3/b28-20-. The maximum Gasteiger partial charge on any atom is 0.316 e. The highest BCUT2D eigenvalue weighted by Gasteiger charge is 2.23. The number of aromatic nitrogens is 1. The molecule has 0 amide bonds. The first-order chi connectivity index (χ1) is 18.7. The molecule has 0 aliphatic heterocycles. The molecule has 0 fully saturated rings. The first-order valence-corrected chi connectivity index (χ1v) is 14.2. The smallest absolute Gasteiger partial charge is 0.316 e. The van der Waals surface area contributed by atoms with Gasteiger partial charge in [-0.15, -0.1) is 11.3 Å². The average Bonchev–Trinajstić information content (AvgIpc) is 3.33. The van der Waals surface area contributed by atoms with Crippen LogP contribution in [0.4, 0.5) is 5.69 Å². The van der Waals surface area contributed by atoms with E-state index in [2.05, 4.69) is 48.0 Å². The number of nitriles is 2. The minimum absolute atomic E-state index is 0.0190. The van der Waals surface area contributed by atoms with Gasteiger partial charge in [-0.2, -0.15) is 10.5 Å². The summed E-state index contributed by atoms with van der Waals surface area (Å²) in [7, 11) is 0. The molecule has 0 aliphatic rings. The summed E-state index contributed by atoms with van der Waals surface area (Å²) in [5.41, 5.74) is 3.06. The molecule has 39 heavy (non-hydrogen) atoms. The summed E-state index contributed by atoms with van der Waals surface area (Å²) in [5, 5.41) is 18.9. The molecule has 3 aromatic rings. The molecule has 2 aromatic carbocycles. The molecule has 0 aliphatic carbocycles. The van der Waals surface area contributed by atoms with Gasteiger partial charge in [0.1, 0.15) is 22.6 Å². The van der Waals surface area contributed by atoms with E-state index >= 15 is 0 Å². The van der Waals surface area contributed by atoms with E-state index in [0.717, 1.165) is 54.4 Å². The zero-order chi connectivity index (χ0) is 28.4. The minimum Gasteiger partial charge on any atom is -0.426 e. The SMILES string of the molecule is CCCCN(CCCC)c1ccc(/C=c2\sc(=C(C#N)C#N)nc2-c2ccc(OC(=O)C(C)(C)C)cc2)cc1. The quantitative estimate of drug-likeness (QED) is 0.225. The number of unbranched alkanes of at least 4 members (excludes halogenated alkanes) is 2. The van der Waals surface area contributed by atoms with Crippen LogP contribution in [0, 0.1) is 28.1 Å². The Morgan fingerprint density at radius 3 is 2.08 bits per heavy atom. The van der Waals surface area contributed by atoms with E-state index in [1.807, 2.05) is 51.1 Å². The number of ether oxygens (including phenoxy) is 1. The molecule has 7 heteroatoms. The molecule has 0 unspecified atom stereocenters. The van der Waals surface area contributed by atoms with E-state index in [9.17, 15) is 15.3 Å². The summed E-state index contributed by atoms with van der Waals surface area (Å²) < 4.78 is 6.72. The molecule has 0 spiro atoms. The molecule has 1 heterocycles. The Morgan fingerprint density at radius 1 is 0.974 bits per heavy atom. The highest BCUT2D eigenvalue weighted by atomic mass is 32.1. The van der Waals surface area contributed by atoms with Gasteiger partial charge in [-0.05, 0) is 81.7 Å². The average molecular weight is 541 g/mol. The van der Waals surface area contributed by atoms with Crippen molar-refractivity contribution in [2.24, 2.45) is 5.41 Å². The Hall–Kier alpha value is -3.94. The first kappa shape index (κ1) is 29.6. The van der Waals surface area contributed by atoms with Gasteiger partial charge < -0.3 is 9.64 Å². The summed E-state index contributed by atoms with van der Waals surface area (Å²) in [4.78, 5) is 19.4. The summed E-state index contributed by atoms with van der Waals surface area (Å²) in [5.74, 6) is 0.140. The largest absolute Gasteiger partial charge is 0.426 e. The van der Waals surface area contributed by atoms with Gasteiger partial charge in [0.25, 0.3) is 0 Å². The number of benzene rings is 2. The van der Waals surface area contributed by atoms with Gasteiger partial charge in [0, 0.05) is 24.3 Å². The Kier molecular flexibility index (Phi) is 10.4. The number of nitrogens with zero attached hydrogens (tertiary/aromatic N) is 4. The molecule has 0 bridgehead atoms. The molecule has 0 saturated carbocycles. The number of hydrogen-bond acceptors (Lipinski definition) is 7. The Bertz CT molecular complexity index is 1440. The third-order valence-electron chi connectivity index (χ3n) is 6.16. The maximum atomic E-state index is 12.3. The fraction of sp³-hybridized carbons (Fsp3) is 0.375. The molecule has 0 saturated heterocycles. The van der Waals surface area contributed by atoms with E-state index < -0.39 is 5.41 Å². The second-order valence-corrected chi connectivity index (χ2v) is 11.5. The van der Waals surface area contributed by atoms with E-state index in [0.29, 0.717) is 16.1 Å². The number of carbonyl (C=O) groups is 1. The molecule has 1 aromatic heterocycles. The van der Waals surface area contributed by atoms with E-state index in [4.69, 9.17) is 4.74 Å². The topological polar surface area (TPSA) is 90.0 Å². The van der Waals surface area contributed by atoms with Gasteiger partial charge in [0.15, 0.2) is 5.57 Å².